The minimum Gasteiger partial charge on any atom is -0.463 e. The van der Waals surface area contributed by atoms with Gasteiger partial charge < -0.3 is 25.4 Å². The van der Waals surface area contributed by atoms with Crippen molar-refractivity contribution in [3.8, 4) is 0 Å². The zero-order chi connectivity index (χ0) is 22.5. The molecule has 32 heavy (non-hydrogen) atoms. The number of nitrogens with two attached hydrogens (primary N) is 1. The van der Waals surface area contributed by atoms with Gasteiger partial charge in [-0.1, -0.05) is 24.3 Å². The van der Waals surface area contributed by atoms with Gasteiger partial charge >= 0.3 is 5.97 Å². The van der Waals surface area contributed by atoms with Gasteiger partial charge in [-0.2, -0.15) is 5.10 Å². The van der Waals surface area contributed by atoms with Crippen LogP contribution in [0.15, 0.2) is 42.7 Å². The van der Waals surface area contributed by atoms with Crippen molar-refractivity contribution in [2.45, 2.75) is 50.1 Å². The maximum atomic E-state index is 12.4. The molecule has 0 spiro atoms. The zero-order valence-corrected chi connectivity index (χ0v) is 17.7. The number of aromatic nitrogens is 3. The molecule has 9 heteroatoms. The topological polar surface area (TPSA) is 132 Å². The smallest absolute Gasteiger partial charge is 0.306 e. The molecule has 3 aromatic rings. The van der Waals surface area contributed by atoms with Crippen molar-refractivity contribution in [1.82, 2.24) is 14.6 Å². The van der Waals surface area contributed by atoms with Gasteiger partial charge in [0.1, 0.15) is 42.4 Å². The number of fused-ring (bicyclic) bond motifs is 2. The van der Waals surface area contributed by atoms with Crippen molar-refractivity contribution in [1.29, 1.82) is 0 Å². The minimum atomic E-state index is -1.27. The van der Waals surface area contributed by atoms with E-state index in [9.17, 15) is 15.0 Å². The highest BCUT2D eigenvalue weighted by Gasteiger charge is 2.54. The molecule has 5 rings (SSSR count). The second-order valence-corrected chi connectivity index (χ2v) is 8.79. The van der Waals surface area contributed by atoms with E-state index in [1.165, 1.54) is 22.0 Å². The predicted octanol–water partition coefficient (Wildman–Crippen LogP) is 0.996. The molecule has 4 atom stereocenters. The third-order valence-electron chi connectivity index (χ3n) is 6.65. The van der Waals surface area contributed by atoms with Crippen LogP contribution < -0.4 is 5.73 Å². The number of hydrogen-bond donors (Lipinski definition) is 3. The molecule has 3 heterocycles. The predicted molar refractivity (Wildman–Crippen MR) is 115 cm³/mol. The van der Waals surface area contributed by atoms with Crippen LogP contribution in [0.4, 0.5) is 5.82 Å². The number of carbonyl (C=O) groups is 1. The summed E-state index contributed by atoms with van der Waals surface area (Å²) < 4.78 is 13.0. The van der Waals surface area contributed by atoms with Gasteiger partial charge in [0.25, 0.3) is 0 Å². The second-order valence-electron chi connectivity index (χ2n) is 8.79. The van der Waals surface area contributed by atoms with E-state index in [4.69, 9.17) is 15.2 Å². The molecule has 1 aromatic carbocycles. The van der Waals surface area contributed by atoms with Gasteiger partial charge in [-0.15, -0.1) is 0 Å². The van der Waals surface area contributed by atoms with E-state index >= 15 is 0 Å². The van der Waals surface area contributed by atoms with Crippen molar-refractivity contribution in [2.75, 3.05) is 12.3 Å². The SMILES string of the molecule is C[C@@]1(c2ccc3c(N)ncnn23)O[C@H](COC(=O)CC2Cc3ccccc3C2)[C@@H](O)[C@H]1O. The molecule has 0 amide bonds. The number of hydrogen-bond acceptors (Lipinski definition) is 8. The van der Waals surface area contributed by atoms with E-state index < -0.39 is 23.9 Å². The first-order chi connectivity index (χ1) is 15.4. The van der Waals surface area contributed by atoms with Crippen molar-refractivity contribution in [3.05, 3.63) is 59.5 Å². The van der Waals surface area contributed by atoms with Gasteiger partial charge in [0.2, 0.25) is 0 Å². The summed E-state index contributed by atoms with van der Waals surface area (Å²) in [5, 5.41) is 25.6. The average Bonchev–Trinajstić information content (AvgIpc) is 3.44. The molecule has 2 aliphatic rings. The van der Waals surface area contributed by atoms with Gasteiger partial charge in [-0.3, -0.25) is 4.79 Å². The lowest BCUT2D eigenvalue weighted by molar-refractivity contribution is -0.153. The van der Waals surface area contributed by atoms with Gasteiger partial charge in [0, 0.05) is 6.42 Å². The Morgan fingerprint density at radius 1 is 1.25 bits per heavy atom. The van der Waals surface area contributed by atoms with Crippen LogP contribution in [0, 0.1) is 5.92 Å². The Morgan fingerprint density at radius 3 is 2.69 bits per heavy atom. The van der Waals surface area contributed by atoms with E-state index in [1.807, 2.05) is 12.1 Å². The van der Waals surface area contributed by atoms with Crippen molar-refractivity contribution in [2.24, 2.45) is 5.92 Å². The first-order valence-corrected chi connectivity index (χ1v) is 10.7. The number of anilines is 1. The molecule has 2 aromatic heterocycles. The maximum absolute atomic E-state index is 12.4. The summed E-state index contributed by atoms with van der Waals surface area (Å²) in [6.07, 6.45) is -0.0134. The van der Waals surface area contributed by atoms with Crippen LogP contribution in [0.1, 0.15) is 30.2 Å². The number of benzene rings is 1. The Hall–Kier alpha value is -3.01. The molecule has 1 saturated heterocycles. The summed E-state index contributed by atoms with van der Waals surface area (Å²) in [5.74, 6) is 0.167. The molecule has 0 radical (unpaired) electrons. The first kappa shape index (κ1) is 20.9. The van der Waals surface area contributed by atoms with Gasteiger partial charge in [-0.25, -0.2) is 9.50 Å². The number of carbonyl (C=O) groups excluding carboxylic acids is 1. The van der Waals surface area contributed by atoms with Crippen LogP contribution in [0.25, 0.3) is 5.52 Å². The van der Waals surface area contributed by atoms with E-state index in [-0.39, 0.29) is 18.5 Å². The highest BCUT2D eigenvalue weighted by molar-refractivity contribution is 5.70. The van der Waals surface area contributed by atoms with Gasteiger partial charge in [0.15, 0.2) is 5.82 Å². The Morgan fingerprint density at radius 2 is 1.97 bits per heavy atom. The largest absolute Gasteiger partial charge is 0.463 e. The fourth-order valence-corrected chi connectivity index (χ4v) is 4.92. The molecule has 1 aliphatic heterocycles. The van der Waals surface area contributed by atoms with Gasteiger partial charge in [0.05, 0.1) is 5.69 Å². The maximum Gasteiger partial charge on any atom is 0.306 e. The van der Waals surface area contributed by atoms with Crippen LogP contribution >= 0.6 is 0 Å². The number of esters is 1. The monoisotopic (exact) mass is 438 g/mol. The minimum absolute atomic E-state index is 0.146. The summed E-state index contributed by atoms with van der Waals surface area (Å²) in [4.78, 5) is 16.4. The third-order valence-corrected chi connectivity index (χ3v) is 6.65. The Balaban J connectivity index is 1.24. The van der Waals surface area contributed by atoms with Gasteiger partial charge in [-0.05, 0) is 48.9 Å². The molecule has 1 fully saturated rings. The van der Waals surface area contributed by atoms with Crippen LogP contribution in [-0.4, -0.2) is 55.7 Å². The number of aliphatic hydroxyl groups is 2. The molecule has 4 N–H and O–H groups in total. The second kappa shape index (κ2) is 7.84. The molecule has 0 unspecified atom stereocenters. The highest BCUT2D eigenvalue weighted by Crippen LogP contribution is 2.40. The molecular weight excluding hydrogens is 412 g/mol. The number of aliphatic hydroxyl groups excluding tert-OH is 2. The fourth-order valence-electron chi connectivity index (χ4n) is 4.92. The Kier molecular flexibility index (Phi) is 5.11. The molecule has 0 bridgehead atoms. The van der Waals surface area contributed by atoms with Crippen LogP contribution in [0.2, 0.25) is 0 Å². The van der Waals surface area contributed by atoms with Crippen LogP contribution in [0.3, 0.4) is 0 Å². The molecule has 1 aliphatic carbocycles. The summed E-state index contributed by atoms with van der Waals surface area (Å²) in [6, 6.07) is 11.7. The molecule has 0 saturated carbocycles. The van der Waals surface area contributed by atoms with E-state index in [2.05, 4.69) is 22.2 Å². The molecular formula is C23H26N4O5. The molecule has 168 valence electrons. The number of ether oxygens (including phenoxy) is 2. The summed E-state index contributed by atoms with van der Waals surface area (Å²) >= 11 is 0. The number of nitrogens with zero attached hydrogens (tertiary/aromatic N) is 3. The number of rotatable bonds is 5. The van der Waals surface area contributed by atoms with Crippen LogP contribution in [0.5, 0.6) is 0 Å². The summed E-state index contributed by atoms with van der Waals surface area (Å²) in [7, 11) is 0. The van der Waals surface area contributed by atoms with Crippen molar-refractivity contribution < 1.29 is 24.5 Å². The highest BCUT2D eigenvalue weighted by atomic mass is 16.6. The van der Waals surface area contributed by atoms with Crippen molar-refractivity contribution >= 4 is 17.3 Å². The quantitative estimate of drug-likeness (QED) is 0.503. The fraction of sp³-hybridized carbons (Fsp3) is 0.435. The van der Waals surface area contributed by atoms with Crippen LogP contribution in [-0.2, 0) is 32.7 Å². The standard InChI is InChI=1S/C23H26N4O5/c1-23(18-7-6-16-22(24)25-12-26-27(16)18)21(30)20(29)17(32-23)11-31-19(28)10-13-8-14-4-2-3-5-15(14)9-13/h2-7,12-13,17,20-21,29-30H,8-11H2,1H3,(H2,24,25,26)/t17-,20-,21-,23+/m1/s1. The lowest BCUT2D eigenvalue weighted by atomic mass is 9.93. The van der Waals surface area contributed by atoms with E-state index in [1.54, 1.807) is 19.1 Å². The average molecular weight is 438 g/mol. The summed E-state index contributed by atoms with van der Waals surface area (Å²) in [6.45, 7) is 1.52. The molecule has 9 nitrogen and oxygen atoms in total. The van der Waals surface area contributed by atoms with E-state index in [0.29, 0.717) is 23.4 Å². The zero-order valence-electron chi connectivity index (χ0n) is 17.7. The third kappa shape index (κ3) is 3.42. The summed E-state index contributed by atoms with van der Waals surface area (Å²) in [5.41, 5.74) is 8.28. The van der Waals surface area contributed by atoms with E-state index in [0.717, 1.165) is 12.8 Å². The normalized spacial score (nSPS) is 27.7. The Labute approximate surface area is 184 Å². The first-order valence-electron chi connectivity index (χ1n) is 10.7. The lowest BCUT2D eigenvalue weighted by Gasteiger charge is -2.27. The number of nitrogen functional groups attached to an aromatic ring is 1. The lowest BCUT2D eigenvalue weighted by Crippen LogP contribution is -2.39. The van der Waals surface area contributed by atoms with Crippen molar-refractivity contribution in [3.63, 3.8) is 0 Å². The Bertz CT molecular complexity index is 1140.